The standard InChI is InChI=1S/C65H124O6/c1-4-7-10-13-16-19-21-22-23-24-25-26-27-28-29-30-31-32-33-34-35-36-37-38-39-40-41-42-44-46-49-52-55-58-64(67)70-61-62(60-69-63(66)57-54-51-48-45-18-15-12-9-6-3)71-65(68)59-56-53-50-47-43-20-17-14-11-8-5-2/h14,17,62H,4-13,15-16,18-61H2,1-3H3/b17-14-. The van der Waals surface area contributed by atoms with Crippen molar-refractivity contribution in [2.24, 2.45) is 0 Å². The predicted octanol–water partition coefficient (Wildman–Crippen LogP) is 21.7. The third kappa shape index (κ3) is 58.9. The molecule has 0 aliphatic carbocycles. The maximum Gasteiger partial charge on any atom is 0.306 e. The summed E-state index contributed by atoms with van der Waals surface area (Å²) in [5.74, 6) is -0.860. The molecule has 6 heteroatoms. The molecular formula is C65H124O6. The van der Waals surface area contributed by atoms with Crippen LogP contribution in [0.25, 0.3) is 0 Å². The Balaban J connectivity index is 3.90. The summed E-state index contributed by atoms with van der Waals surface area (Å²) >= 11 is 0. The fourth-order valence-electron chi connectivity index (χ4n) is 9.90. The second-order valence-corrected chi connectivity index (χ2v) is 22.0. The first-order valence-corrected chi connectivity index (χ1v) is 32.2. The normalized spacial score (nSPS) is 12.0. The lowest BCUT2D eigenvalue weighted by atomic mass is 10.0. The van der Waals surface area contributed by atoms with Gasteiger partial charge in [0.2, 0.25) is 0 Å². The Morgan fingerprint density at radius 1 is 0.268 bits per heavy atom. The fourth-order valence-corrected chi connectivity index (χ4v) is 9.90. The van der Waals surface area contributed by atoms with E-state index in [9.17, 15) is 14.4 Å². The zero-order chi connectivity index (χ0) is 51.4. The molecule has 0 radical (unpaired) electrons. The second-order valence-electron chi connectivity index (χ2n) is 22.0. The number of carbonyl (C=O) groups excluding carboxylic acids is 3. The van der Waals surface area contributed by atoms with Gasteiger partial charge in [-0.3, -0.25) is 14.4 Å². The summed E-state index contributed by atoms with van der Waals surface area (Å²) in [7, 11) is 0. The van der Waals surface area contributed by atoms with E-state index in [0.717, 1.165) is 64.2 Å². The highest BCUT2D eigenvalue weighted by Crippen LogP contribution is 2.18. The number of hydrogen-bond donors (Lipinski definition) is 0. The van der Waals surface area contributed by atoms with Crippen molar-refractivity contribution in [3.63, 3.8) is 0 Å². The van der Waals surface area contributed by atoms with E-state index in [-0.39, 0.29) is 31.1 Å². The summed E-state index contributed by atoms with van der Waals surface area (Å²) in [6.45, 7) is 6.63. The number of rotatable bonds is 60. The first-order valence-electron chi connectivity index (χ1n) is 32.2. The molecule has 0 aliphatic heterocycles. The smallest absolute Gasteiger partial charge is 0.306 e. The van der Waals surface area contributed by atoms with Gasteiger partial charge in [0.25, 0.3) is 0 Å². The molecule has 0 amide bonds. The van der Waals surface area contributed by atoms with Crippen molar-refractivity contribution in [3.05, 3.63) is 12.2 Å². The molecule has 0 heterocycles. The first-order chi connectivity index (χ1) is 35.0. The van der Waals surface area contributed by atoms with Crippen LogP contribution in [0, 0.1) is 0 Å². The molecule has 0 aliphatic rings. The van der Waals surface area contributed by atoms with Gasteiger partial charge in [-0.1, -0.05) is 322 Å². The topological polar surface area (TPSA) is 78.9 Å². The molecule has 0 aromatic rings. The van der Waals surface area contributed by atoms with Gasteiger partial charge in [-0.25, -0.2) is 0 Å². The maximum atomic E-state index is 12.8. The van der Waals surface area contributed by atoms with Gasteiger partial charge in [0, 0.05) is 19.3 Å². The van der Waals surface area contributed by atoms with E-state index < -0.39 is 6.10 Å². The van der Waals surface area contributed by atoms with Crippen molar-refractivity contribution in [1.82, 2.24) is 0 Å². The lowest BCUT2D eigenvalue weighted by molar-refractivity contribution is -0.167. The minimum Gasteiger partial charge on any atom is -0.462 e. The molecule has 0 spiro atoms. The lowest BCUT2D eigenvalue weighted by Gasteiger charge is -2.18. The zero-order valence-electron chi connectivity index (χ0n) is 48.3. The SMILES string of the molecule is CCCC/C=C\CCCCCCCC(=O)OC(COC(=O)CCCCCCCCCCC)COC(=O)CCCCCCCCCCCCCCCCCCCCCCCCCCCCCCCCCCC. The average molecular weight is 1000 g/mol. The van der Waals surface area contributed by atoms with Gasteiger partial charge < -0.3 is 14.2 Å². The summed E-state index contributed by atoms with van der Waals surface area (Å²) in [6, 6.07) is 0. The lowest BCUT2D eigenvalue weighted by Crippen LogP contribution is -2.30. The Kier molecular flexibility index (Phi) is 59.1. The monoisotopic (exact) mass is 1000 g/mol. The summed E-state index contributed by atoms with van der Waals surface area (Å²) in [5.41, 5.74) is 0. The van der Waals surface area contributed by atoms with E-state index in [1.807, 2.05) is 0 Å². The van der Waals surface area contributed by atoms with Crippen molar-refractivity contribution in [2.45, 2.75) is 374 Å². The Morgan fingerprint density at radius 3 is 0.746 bits per heavy atom. The average Bonchev–Trinajstić information content (AvgIpc) is 3.37. The van der Waals surface area contributed by atoms with E-state index >= 15 is 0 Å². The van der Waals surface area contributed by atoms with Crippen LogP contribution >= 0.6 is 0 Å². The van der Waals surface area contributed by atoms with Crippen LogP contribution in [0.1, 0.15) is 367 Å². The quantitative estimate of drug-likeness (QED) is 0.0261. The van der Waals surface area contributed by atoms with Crippen molar-refractivity contribution < 1.29 is 28.6 Å². The van der Waals surface area contributed by atoms with Crippen LogP contribution in [0.4, 0.5) is 0 Å². The van der Waals surface area contributed by atoms with Gasteiger partial charge in [0.1, 0.15) is 13.2 Å². The van der Waals surface area contributed by atoms with Crippen molar-refractivity contribution in [1.29, 1.82) is 0 Å². The number of unbranched alkanes of at least 4 members (excludes halogenated alkanes) is 47. The highest BCUT2D eigenvalue weighted by Gasteiger charge is 2.19. The van der Waals surface area contributed by atoms with Gasteiger partial charge in [-0.05, 0) is 38.5 Å². The van der Waals surface area contributed by atoms with Gasteiger partial charge in [-0.15, -0.1) is 0 Å². The van der Waals surface area contributed by atoms with Crippen LogP contribution in [-0.4, -0.2) is 37.2 Å². The van der Waals surface area contributed by atoms with Crippen LogP contribution in [0.5, 0.6) is 0 Å². The van der Waals surface area contributed by atoms with Gasteiger partial charge in [-0.2, -0.15) is 0 Å². The molecule has 0 bridgehead atoms. The molecule has 1 atom stereocenters. The number of carbonyl (C=O) groups is 3. The summed E-state index contributed by atoms with van der Waals surface area (Å²) in [5, 5.41) is 0. The second kappa shape index (κ2) is 60.7. The van der Waals surface area contributed by atoms with Crippen LogP contribution in [0.15, 0.2) is 12.2 Å². The molecule has 0 fully saturated rings. The molecule has 0 aromatic carbocycles. The Hall–Kier alpha value is -1.85. The summed E-state index contributed by atoms with van der Waals surface area (Å²) < 4.78 is 16.8. The molecule has 6 nitrogen and oxygen atoms in total. The molecule has 0 saturated carbocycles. The van der Waals surface area contributed by atoms with Gasteiger partial charge >= 0.3 is 17.9 Å². The predicted molar refractivity (Wildman–Crippen MR) is 307 cm³/mol. The van der Waals surface area contributed by atoms with Gasteiger partial charge in [0.05, 0.1) is 0 Å². The van der Waals surface area contributed by atoms with E-state index in [1.165, 1.54) is 263 Å². The van der Waals surface area contributed by atoms with E-state index in [1.54, 1.807) is 0 Å². The van der Waals surface area contributed by atoms with Crippen molar-refractivity contribution in [3.8, 4) is 0 Å². The Labute approximate surface area is 443 Å². The van der Waals surface area contributed by atoms with E-state index in [2.05, 4.69) is 32.9 Å². The number of hydrogen-bond acceptors (Lipinski definition) is 6. The number of esters is 3. The summed E-state index contributed by atoms with van der Waals surface area (Å²) in [4.78, 5) is 38.0. The van der Waals surface area contributed by atoms with E-state index in [4.69, 9.17) is 14.2 Å². The van der Waals surface area contributed by atoms with Crippen LogP contribution in [-0.2, 0) is 28.6 Å². The minimum absolute atomic E-state index is 0.0681. The highest BCUT2D eigenvalue weighted by molar-refractivity contribution is 5.71. The third-order valence-corrected chi connectivity index (χ3v) is 14.8. The molecule has 1 unspecified atom stereocenters. The molecule has 0 aromatic heterocycles. The molecule has 71 heavy (non-hydrogen) atoms. The molecule has 420 valence electrons. The largest absolute Gasteiger partial charge is 0.462 e. The summed E-state index contributed by atoms with van der Waals surface area (Å²) in [6.07, 6.45) is 71.3. The Bertz CT molecular complexity index is 1100. The minimum atomic E-state index is -0.767. The number of allylic oxidation sites excluding steroid dienone is 2. The highest BCUT2D eigenvalue weighted by atomic mass is 16.6. The Morgan fingerprint density at radius 2 is 0.479 bits per heavy atom. The van der Waals surface area contributed by atoms with Gasteiger partial charge in [0.15, 0.2) is 6.10 Å². The van der Waals surface area contributed by atoms with Crippen molar-refractivity contribution in [2.75, 3.05) is 13.2 Å². The fraction of sp³-hybridized carbons (Fsp3) is 0.923. The van der Waals surface area contributed by atoms with Crippen LogP contribution in [0.3, 0.4) is 0 Å². The van der Waals surface area contributed by atoms with E-state index in [0.29, 0.717) is 19.3 Å². The zero-order valence-corrected chi connectivity index (χ0v) is 48.3. The molecule has 0 N–H and O–H groups in total. The molecule has 0 rings (SSSR count). The number of ether oxygens (including phenoxy) is 3. The first kappa shape index (κ1) is 69.2. The molecule has 0 saturated heterocycles. The van der Waals surface area contributed by atoms with Crippen LogP contribution in [0.2, 0.25) is 0 Å². The maximum absolute atomic E-state index is 12.8. The van der Waals surface area contributed by atoms with Crippen molar-refractivity contribution >= 4 is 17.9 Å². The molecular weight excluding hydrogens is 877 g/mol. The third-order valence-electron chi connectivity index (χ3n) is 14.8. The van der Waals surface area contributed by atoms with Crippen LogP contribution < -0.4 is 0 Å².